The summed E-state index contributed by atoms with van der Waals surface area (Å²) in [5.74, 6) is 0.0802. The van der Waals surface area contributed by atoms with Gasteiger partial charge in [-0.15, -0.1) is 5.10 Å². The third-order valence-electron chi connectivity index (χ3n) is 4.39. The van der Waals surface area contributed by atoms with Crippen LogP contribution in [0.5, 0.6) is 0 Å². The predicted octanol–water partition coefficient (Wildman–Crippen LogP) is 2.01. The minimum Gasteiger partial charge on any atom is -0.384 e. The van der Waals surface area contributed by atoms with E-state index in [1.165, 1.54) is 0 Å². The Labute approximate surface area is 166 Å². The van der Waals surface area contributed by atoms with Crippen LogP contribution in [0.2, 0.25) is 0 Å². The first-order valence-corrected chi connectivity index (χ1v) is 8.91. The van der Waals surface area contributed by atoms with Crippen molar-refractivity contribution in [3.05, 3.63) is 59.4 Å². The van der Waals surface area contributed by atoms with Gasteiger partial charge in [-0.25, -0.2) is 9.67 Å². The number of hydrogen-bond acceptors (Lipinski definition) is 8. The molecule has 0 fully saturated rings. The molecule has 0 atom stereocenters. The lowest BCUT2D eigenvalue weighted by molar-refractivity contribution is 0.0736. The molecule has 0 aliphatic heterocycles. The van der Waals surface area contributed by atoms with Gasteiger partial charge in [-0.05, 0) is 38.1 Å². The highest BCUT2D eigenvalue weighted by Crippen LogP contribution is 2.26. The molecule has 0 spiro atoms. The standard InChI is InChI=1S/C20H18N8O/c1-20(2,29)15-8-4-7-14(23-15)11-28-18-17(26-27-28)16(24-19(22)25-18)13-6-3-5-12(9-13)10-21/h3-9,29H,11H2,1-2H3,(H2,22,24,25). The second-order valence-corrected chi connectivity index (χ2v) is 7.12. The zero-order valence-electron chi connectivity index (χ0n) is 15.9. The first-order chi connectivity index (χ1) is 13.8. The number of fused-ring (bicyclic) bond motifs is 1. The Kier molecular flexibility index (Phi) is 4.41. The molecule has 4 aromatic rings. The monoisotopic (exact) mass is 386 g/mol. The molecule has 0 radical (unpaired) electrons. The molecule has 0 amide bonds. The molecule has 9 heteroatoms. The Morgan fingerprint density at radius 2 is 1.93 bits per heavy atom. The van der Waals surface area contributed by atoms with Crippen LogP contribution in [-0.2, 0) is 12.1 Å². The number of nitrogen functional groups attached to an aromatic ring is 1. The van der Waals surface area contributed by atoms with Gasteiger partial charge < -0.3 is 10.8 Å². The summed E-state index contributed by atoms with van der Waals surface area (Å²) in [5.41, 5.74) is 8.80. The molecule has 9 nitrogen and oxygen atoms in total. The summed E-state index contributed by atoms with van der Waals surface area (Å²) < 4.78 is 1.58. The first kappa shape index (κ1) is 18.5. The number of rotatable bonds is 4. The molecule has 3 N–H and O–H groups in total. The zero-order valence-corrected chi connectivity index (χ0v) is 15.9. The maximum absolute atomic E-state index is 10.2. The molecule has 4 rings (SSSR count). The minimum atomic E-state index is -1.05. The van der Waals surface area contributed by atoms with Crippen molar-refractivity contribution in [3.8, 4) is 17.3 Å². The molecule has 0 saturated heterocycles. The average molecular weight is 386 g/mol. The van der Waals surface area contributed by atoms with Crippen LogP contribution >= 0.6 is 0 Å². The van der Waals surface area contributed by atoms with Gasteiger partial charge in [0.15, 0.2) is 11.2 Å². The first-order valence-electron chi connectivity index (χ1n) is 8.91. The van der Waals surface area contributed by atoms with E-state index in [-0.39, 0.29) is 5.95 Å². The molecular weight excluding hydrogens is 368 g/mol. The Morgan fingerprint density at radius 3 is 2.69 bits per heavy atom. The molecular formula is C20H18N8O. The van der Waals surface area contributed by atoms with E-state index >= 15 is 0 Å². The van der Waals surface area contributed by atoms with Crippen molar-refractivity contribution in [2.75, 3.05) is 5.73 Å². The Hall–Kier alpha value is -3.90. The summed E-state index contributed by atoms with van der Waals surface area (Å²) in [6.45, 7) is 3.66. The second kappa shape index (κ2) is 6.92. The molecule has 29 heavy (non-hydrogen) atoms. The SMILES string of the molecule is CC(C)(O)c1cccc(Cn2nnc3c(-c4cccc(C#N)c4)nc(N)nc32)n1. The summed E-state index contributed by atoms with van der Waals surface area (Å²) in [7, 11) is 0. The highest BCUT2D eigenvalue weighted by molar-refractivity contribution is 5.88. The van der Waals surface area contributed by atoms with Gasteiger partial charge in [0.05, 0.1) is 29.6 Å². The number of aliphatic hydroxyl groups is 1. The maximum Gasteiger partial charge on any atom is 0.222 e. The third-order valence-corrected chi connectivity index (χ3v) is 4.39. The van der Waals surface area contributed by atoms with Crippen LogP contribution in [0.3, 0.4) is 0 Å². The molecule has 0 unspecified atom stereocenters. The van der Waals surface area contributed by atoms with Gasteiger partial charge in [-0.1, -0.05) is 23.4 Å². The van der Waals surface area contributed by atoms with Crippen molar-refractivity contribution in [1.29, 1.82) is 5.26 Å². The topological polar surface area (TPSA) is 139 Å². The number of nitrogens with zero attached hydrogens (tertiary/aromatic N) is 7. The second-order valence-electron chi connectivity index (χ2n) is 7.12. The number of anilines is 1. The third kappa shape index (κ3) is 3.61. The lowest BCUT2D eigenvalue weighted by Crippen LogP contribution is -2.18. The number of hydrogen-bond donors (Lipinski definition) is 2. The van der Waals surface area contributed by atoms with Crippen LogP contribution in [0.25, 0.3) is 22.4 Å². The number of nitrogens with two attached hydrogens (primary N) is 1. The Bertz CT molecular complexity index is 1250. The van der Waals surface area contributed by atoms with Gasteiger partial charge in [0.2, 0.25) is 5.95 Å². The van der Waals surface area contributed by atoms with Crippen LogP contribution in [-0.4, -0.2) is 35.1 Å². The van der Waals surface area contributed by atoms with E-state index in [9.17, 15) is 5.11 Å². The van der Waals surface area contributed by atoms with Crippen molar-refractivity contribution in [3.63, 3.8) is 0 Å². The normalized spacial score (nSPS) is 11.5. The number of nitriles is 1. The van der Waals surface area contributed by atoms with Crippen LogP contribution in [0.4, 0.5) is 5.95 Å². The molecule has 1 aromatic carbocycles. The summed E-state index contributed by atoms with van der Waals surface area (Å²) in [6, 6.07) is 14.6. The van der Waals surface area contributed by atoms with Crippen molar-refractivity contribution in [2.24, 2.45) is 0 Å². The van der Waals surface area contributed by atoms with Crippen molar-refractivity contribution in [1.82, 2.24) is 29.9 Å². The number of aromatic nitrogens is 6. The molecule has 0 aliphatic carbocycles. The molecule has 0 bridgehead atoms. The quantitative estimate of drug-likeness (QED) is 0.543. The van der Waals surface area contributed by atoms with Gasteiger partial charge in [0.25, 0.3) is 0 Å². The van der Waals surface area contributed by atoms with Crippen LogP contribution < -0.4 is 5.73 Å². The van der Waals surface area contributed by atoms with E-state index in [0.29, 0.717) is 45.9 Å². The van der Waals surface area contributed by atoms with E-state index < -0.39 is 5.60 Å². The van der Waals surface area contributed by atoms with Gasteiger partial charge in [0.1, 0.15) is 11.3 Å². The van der Waals surface area contributed by atoms with E-state index in [1.807, 2.05) is 18.2 Å². The summed E-state index contributed by atoms with van der Waals surface area (Å²) in [6.07, 6.45) is 0. The van der Waals surface area contributed by atoms with Gasteiger partial charge >= 0.3 is 0 Å². The smallest absolute Gasteiger partial charge is 0.222 e. The van der Waals surface area contributed by atoms with Crippen LogP contribution in [0.1, 0.15) is 30.8 Å². The Balaban J connectivity index is 1.79. The molecule has 0 saturated carbocycles. The molecule has 3 aromatic heterocycles. The van der Waals surface area contributed by atoms with E-state index in [4.69, 9.17) is 11.0 Å². The Morgan fingerprint density at radius 1 is 1.14 bits per heavy atom. The fourth-order valence-electron chi connectivity index (χ4n) is 2.98. The highest BCUT2D eigenvalue weighted by Gasteiger charge is 2.19. The fraction of sp³-hybridized carbons (Fsp3) is 0.200. The van der Waals surface area contributed by atoms with E-state index in [0.717, 1.165) is 0 Å². The van der Waals surface area contributed by atoms with Gasteiger partial charge in [-0.3, -0.25) is 4.98 Å². The summed E-state index contributed by atoms with van der Waals surface area (Å²) in [4.78, 5) is 13.1. The van der Waals surface area contributed by atoms with Crippen LogP contribution in [0, 0.1) is 11.3 Å². The largest absolute Gasteiger partial charge is 0.384 e. The molecule has 3 heterocycles. The van der Waals surface area contributed by atoms with E-state index in [2.05, 4.69) is 31.3 Å². The number of benzene rings is 1. The van der Waals surface area contributed by atoms with Crippen LogP contribution in [0.15, 0.2) is 42.5 Å². The highest BCUT2D eigenvalue weighted by atomic mass is 16.3. The van der Waals surface area contributed by atoms with Gasteiger partial charge in [0, 0.05) is 5.56 Å². The van der Waals surface area contributed by atoms with E-state index in [1.54, 1.807) is 42.8 Å². The molecule has 0 aliphatic rings. The van der Waals surface area contributed by atoms with Gasteiger partial charge in [-0.2, -0.15) is 10.2 Å². The maximum atomic E-state index is 10.2. The molecule has 144 valence electrons. The minimum absolute atomic E-state index is 0.0802. The lowest BCUT2D eigenvalue weighted by Gasteiger charge is -2.17. The van der Waals surface area contributed by atoms with Crippen molar-refractivity contribution >= 4 is 17.1 Å². The predicted molar refractivity (Wildman–Crippen MR) is 106 cm³/mol. The van der Waals surface area contributed by atoms with Crippen molar-refractivity contribution < 1.29 is 5.11 Å². The zero-order chi connectivity index (χ0) is 20.6. The summed E-state index contributed by atoms with van der Waals surface area (Å²) in [5, 5.41) is 27.8. The summed E-state index contributed by atoms with van der Waals surface area (Å²) >= 11 is 0. The fourth-order valence-corrected chi connectivity index (χ4v) is 2.98. The lowest BCUT2D eigenvalue weighted by atomic mass is 10.0. The number of pyridine rings is 1. The average Bonchev–Trinajstić information content (AvgIpc) is 3.09. The van der Waals surface area contributed by atoms with Crippen molar-refractivity contribution in [2.45, 2.75) is 26.0 Å².